The molecule has 5 rings (SSSR count). The number of hydrogen-bond acceptors (Lipinski definition) is 7. The van der Waals surface area contributed by atoms with Crippen molar-refractivity contribution in [1.82, 2.24) is 19.2 Å². The van der Waals surface area contributed by atoms with E-state index in [9.17, 15) is 9.59 Å². The molecule has 37 heavy (non-hydrogen) atoms. The maximum Gasteiger partial charge on any atom is 0.267 e. The molecule has 2 aliphatic rings. The van der Waals surface area contributed by atoms with E-state index in [4.69, 9.17) is 17.2 Å². The summed E-state index contributed by atoms with van der Waals surface area (Å²) in [6.07, 6.45) is 5.20. The molecule has 0 aliphatic carbocycles. The second-order valence-corrected chi connectivity index (χ2v) is 11.1. The topological polar surface area (TPSA) is 61.2 Å². The first-order valence-electron chi connectivity index (χ1n) is 12.7. The van der Waals surface area contributed by atoms with Crippen LogP contribution in [-0.4, -0.2) is 68.7 Å². The van der Waals surface area contributed by atoms with E-state index in [-0.39, 0.29) is 11.5 Å². The maximum atomic E-state index is 13.7. The van der Waals surface area contributed by atoms with Crippen molar-refractivity contribution in [2.24, 2.45) is 0 Å². The predicted octanol–water partition coefficient (Wildman–Crippen LogP) is 3.98. The molecule has 0 radical (unpaired) electrons. The van der Waals surface area contributed by atoms with Gasteiger partial charge in [0, 0.05) is 38.9 Å². The Bertz CT molecular complexity index is 1410. The molecular weight excluding hydrogens is 502 g/mol. The van der Waals surface area contributed by atoms with Gasteiger partial charge in [0.2, 0.25) is 0 Å². The molecule has 4 heterocycles. The van der Waals surface area contributed by atoms with E-state index >= 15 is 0 Å². The summed E-state index contributed by atoms with van der Waals surface area (Å²) in [7, 11) is 0. The number of piperazine rings is 1. The lowest BCUT2D eigenvalue weighted by molar-refractivity contribution is -0.122. The molecule has 7 nitrogen and oxygen atoms in total. The molecule has 1 amide bonds. The van der Waals surface area contributed by atoms with Gasteiger partial charge in [0.05, 0.1) is 10.5 Å². The summed E-state index contributed by atoms with van der Waals surface area (Å²) in [6, 6.07) is 14.1. The summed E-state index contributed by atoms with van der Waals surface area (Å²) in [5, 5.41) is 0. The average Bonchev–Trinajstić information content (AvgIpc) is 3.18. The SMILES string of the molecule is CCN1CCN(c2nc3ccc(C)cn3c(=O)c2/C=C2\SC(=S)N(CCCc3ccccc3)C2=O)CC1. The van der Waals surface area contributed by atoms with Crippen molar-refractivity contribution in [1.29, 1.82) is 0 Å². The summed E-state index contributed by atoms with van der Waals surface area (Å²) in [4.78, 5) is 38.7. The number of rotatable bonds is 7. The minimum Gasteiger partial charge on any atom is -0.353 e. The van der Waals surface area contributed by atoms with Crippen LogP contribution in [0.1, 0.15) is 30.0 Å². The first-order chi connectivity index (χ1) is 17.9. The Morgan fingerprint density at radius 1 is 1.05 bits per heavy atom. The van der Waals surface area contributed by atoms with Crippen molar-refractivity contribution in [2.45, 2.75) is 26.7 Å². The number of amides is 1. The lowest BCUT2D eigenvalue weighted by atomic mass is 10.1. The van der Waals surface area contributed by atoms with Gasteiger partial charge in [0.1, 0.15) is 15.8 Å². The second-order valence-electron chi connectivity index (χ2n) is 9.43. The van der Waals surface area contributed by atoms with Crippen LogP contribution < -0.4 is 10.5 Å². The Labute approximate surface area is 226 Å². The Hall–Kier alpha value is -3.01. The predicted molar refractivity (Wildman–Crippen MR) is 155 cm³/mol. The maximum absolute atomic E-state index is 13.7. The van der Waals surface area contributed by atoms with Crippen LogP contribution in [0.3, 0.4) is 0 Å². The number of aryl methyl sites for hydroxylation is 2. The number of carbonyl (C=O) groups excluding carboxylic acids is 1. The molecule has 0 saturated carbocycles. The van der Waals surface area contributed by atoms with Gasteiger partial charge in [-0.3, -0.25) is 18.9 Å². The number of nitrogens with zero attached hydrogens (tertiary/aromatic N) is 5. The molecule has 0 unspecified atom stereocenters. The van der Waals surface area contributed by atoms with Crippen molar-refractivity contribution >= 4 is 51.7 Å². The zero-order valence-electron chi connectivity index (χ0n) is 21.2. The molecule has 0 bridgehead atoms. The zero-order valence-corrected chi connectivity index (χ0v) is 22.9. The molecular formula is C28H31N5O2S2. The number of aromatic nitrogens is 2. The van der Waals surface area contributed by atoms with Crippen molar-refractivity contribution in [3.05, 3.63) is 80.6 Å². The van der Waals surface area contributed by atoms with Crippen LogP contribution in [0.15, 0.2) is 58.4 Å². The molecule has 192 valence electrons. The van der Waals surface area contributed by atoms with Gasteiger partial charge in [-0.1, -0.05) is 67.3 Å². The first-order valence-corrected chi connectivity index (χ1v) is 14.0. The molecule has 3 aromatic rings. The smallest absolute Gasteiger partial charge is 0.267 e. The molecule has 0 atom stereocenters. The quantitative estimate of drug-likeness (QED) is 0.336. The van der Waals surface area contributed by atoms with E-state index < -0.39 is 0 Å². The fourth-order valence-corrected chi connectivity index (χ4v) is 6.09. The number of fused-ring (bicyclic) bond motifs is 1. The van der Waals surface area contributed by atoms with Crippen molar-refractivity contribution < 1.29 is 4.79 Å². The lowest BCUT2D eigenvalue weighted by Gasteiger charge is -2.35. The van der Waals surface area contributed by atoms with Gasteiger partial charge < -0.3 is 9.80 Å². The highest BCUT2D eigenvalue weighted by atomic mass is 32.2. The highest BCUT2D eigenvalue weighted by molar-refractivity contribution is 8.26. The van der Waals surface area contributed by atoms with Crippen LogP contribution in [-0.2, 0) is 11.2 Å². The Kier molecular flexibility index (Phi) is 7.73. The molecule has 0 spiro atoms. The first kappa shape index (κ1) is 25.6. The highest BCUT2D eigenvalue weighted by Crippen LogP contribution is 2.34. The largest absolute Gasteiger partial charge is 0.353 e. The van der Waals surface area contributed by atoms with E-state index in [1.807, 2.05) is 37.3 Å². The summed E-state index contributed by atoms with van der Waals surface area (Å²) in [5.41, 5.74) is 3.08. The monoisotopic (exact) mass is 533 g/mol. The fraction of sp³-hybridized carbons (Fsp3) is 0.357. The van der Waals surface area contributed by atoms with Gasteiger partial charge in [-0.25, -0.2) is 4.98 Å². The fourth-order valence-electron chi connectivity index (χ4n) is 4.80. The van der Waals surface area contributed by atoms with Gasteiger partial charge >= 0.3 is 0 Å². The standard InChI is InChI=1S/C28H31N5O2S2/c1-3-30-14-16-31(17-15-30)25-22(26(34)33-19-20(2)11-12-24(33)29-25)18-23-27(35)32(28(36)37-23)13-7-10-21-8-5-4-6-9-21/h4-6,8-9,11-12,18-19H,3,7,10,13-17H2,1-2H3/b23-18-. The third kappa shape index (κ3) is 5.49. The van der Waals surface area contributed by atoms with Gasteiger partial charge in [-0.2, -0.15) is 0 Å². The highest BCUT2D eigenvalue weighted by Gasteiger charge is 2.33. The molecule has 9 heteroatoms. The summed E-state index contributed by atoms with van der Waals surface area (Å²) >= 11 is 6.83. The van der Waals surface area contributed by atoms with Crippen molar-refractivity contribution in [2.75, 3.05) is 44.2 Å². The molecule has 0 N–H and O–H groups in total. The van der Waals surface area contributed by atoms with E-state index in [1.165, 1.54) is 17.3 Å². The number of pyridine rings is 1. The van der Waals surface area contributed by atoms with Crippen molar-refractivity contribution in [3.63, 3.8) is 0 Å². The number of hydrogen-bond donors (Lipinski definition) is 0. The Morgan fingerprint density at radius 3 is 2.54 bits per heavy atom. The average molecular weight is 534 g/mol. The minimum absolute atomic E-state index is 0.140. The number of likely N-dealkylation sites (N-methyl/N-ethyl adjacent to an activating group) is 1. The molecule has 2 aliphatic heterocycles. The molecule has 1 aromatic carbocycles. The van der Waals surface area contributed by atoms with Crippen LogP contribution in [0.4, 0.5) is 5.82 Å². The number of thioether (sulfide) groups is 1. The summed E-state index contributed by atoms with van der Waals surface area (Å²) in [6.45, 7) is 9.05. The number of anilines is 1. The molecule has 2 fully saturated rings. The van der Waals surface area contributed by atoms with E-state index in [2.05, 4.69) is 28.9 Å². The number of benzene rings is 1. The van der Waals surface area contributed by atoms with Crippen LogP contribution in [0.2, 0.25) is 0 Å². The van der Waals surface area contributed by atoms with E-state index in [0.717, 1.165) is 51.1 Å². The van der Waals surface area contributed by atoms with E-state index in [0.29, 0.717) is 32.8 Å². The third-order valence-electron chi connectivity index (χ3n) is 6.94. The number of thiocarbonyl (C=S) groups is 1. The zero-order chi connectivity index (χ0) is 25.9. The van der Waals surface area contributed by atoms with E-state index in [1.54, 1.807) is 21.6 Å². The second kappa shape index (κ2) is 11.2. The third-order valence-corrected chi connectivity index (χ3v) is 8.32. The Morgan fingerprint density at radius 2 is 1.81 bits per heavy atom. The minimum atomic E-state index is -0.170. The van der Waals surface area contributed by atoms with Gasteiger partial charge in [-0.05, 0) is 49.6 Å². The van der Waals surface area contributed by atoms with Gasteiger partial charge in [0.25, 0.3) is 11.5 Å². The van der Waals surface area contributed by atoms with Crippen LogP contribution in [0.5, 0.6) is 0 Å². The Balaban J connectivity index is 1.45. The summed E-state index contributed by atoms with van der Waals surface area (Å²) < 4.78 is 2.11. The van der Waals surface area contributed by atoms with Gasteiger partial charge in [-0.15, -0.1) is 0 Å². The summed E-state index contributed by atoms with van der Waals surface area (Å²) in [5.74, 6) is 0.498. The van der Waals surface area contributed by atoms with Crippen LogP contribution in [0.25, 0.3) is 11.7 Å². The lowest BCUT2D eigenvalue weighted by Crippen LogP contribution is -2.47. The number of carbonyl (C=O) groups is 1. The van der Waals surface area contributed by atoms with Crippen LogP contribution >= 0.6 is 24.0 Å². The van der Waals surface area contributed by atoms with Gasteiger partial charge in [0.15, 0.2) is 0 Å². The normalized spacial score (nSPS) is 17.9. The molecule has 2 saturated heterocycles. The molecule has 2 aromatic heterocycles. The van der Waals surface area contributed by atoms with Crippen LogP contribution in [0, 0.1) is 6.92 Å². The van der Waals surface area contributed by atoms with Crippen molar-refractivity contribution in [3.8, 4) is 0 Å².